The Balaban J connectivity index is 1.17. The number of hydrogen-bond acceptors (Lipinski definition) is 2. The van der Waals surface area contributed by atoms with Gasteiger partial charge >= 0.3 is 6.18 Å². The normalized spacial score (nSPS) is 11.9. The van der Waals surface area contributed by atoms with Gasteiger partial charge in [0.05, 0.1) is 56.0 Å². The van der Waals surface area contributed by atoms with E-state index in [2.05, 4.69) is 12.1 Å². The fourth-order valence-corrected chi connectivity index (χ4v) is 9.86. The van der Waals surface area contributed by atoms with Gasteiger partial charge in [-0.3, -0.25) is 9.97 Å². The number of halogens is 5. The van der Waals surface area contributed by atoms with Crippen LogP contribution in [-0.2, 0) is 6.18 Å². The zero-order valence-electron chi connectivity index (χ0n) is 35.9. The van der Waals surface area contributed by atoms with Crippen molar-refractivity contribution in [3.05, 3.63) is 230 Å². The van der Waals surface area contributed by atoms with E-state index >= 15 is 22.0 Å². The summed E-state index contributed by atoms with van der Waals surface area (Å²) in [5, 5.41) is 3.25. The molecule has 12 rings (SSSR count). The molecule has 68 heavy (non-hydrogen) atoms. The van der Waals surface area contributed by atoms with Crippen molar-refractivity contribution in [2.75, 3.05) is 0 Å². The lowest BCUT2D eigenvalue weighted by molar-refractivity contribution is -0.137. The lowest BCUT2D eigenvalue weighted by Crippen LogP contribution is -2.13. The lowest BCUT2D eigenvalue weighted by Gasteiger charge is -2.22. The number of hydrogen-bond donors (Lipinski definition) is 0. The van der Waals surface area contributed by atoms with Crippen LogP contribution in [0.5, 0.6) is 0 Å². The molecule has 0 aliphatic heterocycles. The van der Waals surface area contributed by atoms with Gasteiger partial charge in [-0.05, 0) is 83.9 Å². The Hall–Kier alpha value is -8.69. The molecule has 0 bridgehead atoms. The maximum atomic E-state index is 15.9. The Morgan fingerprint density at radius 1 is 0.353 bits per heavy atom. The Morgan fingerprint density at radius 2 is 0.794 bits per heavy atom. The molecule has 0 unspecified atom stereocenters. The molecule has 0 amide bonds. The Kier molecular flexibility index (Phi) is 9.62. The molecule has 4 aromatic heterocycles. The summed E-state index contributed by atoms with van der Waals surface area (Å²) in [6.45, 7) is 0. The summed E-state index contributed by atoms with van der Waals surface area (Å²) in [4.78, 5) is 9.53. The smallest absolute Gasteiger partial charge is 0.307 e. The summed E-state index contributed by atoms with van der Waals surface area (Å²) < 4.78 is 82.8. The Labute approximate surface area is 386 Å². The summed E-state index contributed by atoms with van der Waals surface area (Å²) in [5.41, 5.74) is 7.53. The number of aromatic nitrogens is 4. The predicted molar refractivity (Wildman–Crippen MR) is 263 cm³/mol. The molecule has 12 aromatic rings. The molecular formula is C59H35F5N4. The van der Waals surface area contributed by atoms with Crippen LogP contribution in [0.2, 0.25) is 0 Å². The minimum Gasteiger partial charge on any atom is -0.307 e. The summed E-state index contributed by atoms with van der Waals surface area (Å²) in [7, 11) is 0. The molecule has 9 heteroatoms. The average molecular weight is 895 g/mol. The van der Waals surface area contributed by atoms with E-state index in [0.717, 1.165) is 90.6 Å². The number of para-hydroxylation sites is 2. The zero-order valence-corrected chi connectivity index (χ0v) is 35.9. The van der Waals surface area contributed by atoms with Gasteiger partial charge in [0.15, 0.2) is 0 Å². The van der Waals surface area contributed by atoms with Crippen molar-refractivity contribution in [2.24, 2.45) is 0 Å². The number of alkyl halides is 3. The van der Waals surface area contributed by atoms with E-state index in [1.807, 2.05) is 167 Å². The van der Waals surface area contributed by atoms with Gasteiger partial charge in [-0.1, -0.05) is 127 Å². The molecule has 0 fully saturated rings. The van der Waals surface area contributed by atoms with Crippen LogP contribution in [-0.4, -0.2) is 19.1 Å². The fourth-order valence-electron chi connectivity index (χ4n) is 9.86. The summed E-state index contributed by atoms with van der Waals surface area (Å²) >= 11 is 0. The summed E-state index contributed by atoms with van der Waals surface area (Å²) in [6.07, 6.45) is -1.51. The van der Waals surface area contributed by atoms with E-state index in [1.54, 1.807) is 12.4 Å². The third kappa shape index (κ3) is 6.65. The second-order valence-corrected chi connectivity index (χ2v) is 16.7. The minimum atomic E-state index is -5.02. The van der Waals surface area contributed by atoms with Gasteiger partial charge in [-0.25, -0.2) is 8.78 Å². The molecule has 326 valence electrons. The highest BCUT2D eigenvalue weighted by Crippen LogP contribution is 2.47. The van der Waals surface area contributed by atoms with Gasteiger partial charge in [-0.2, -0.15) is 13.2 Å². The molecule has 0 saturated heterocycles. The maximum absolute atomic E-state index is 15.9. The average Bonchev–Trinajstić information content (AvgIpc) is 3.88. The third-order valence-corrected chi connectivity index (χ3v) is 12.8. The molecule has 0 N–H and O–H groups in total. The van der Waals surface area contributed by atoms with Crippen molar-refractivity contribution in [2.45, 2.75) is 6.18 Å². The van der Waals surface area contributed by atoms with Gasteiger partial charge in [0.25, 0.3) is 0 Å². The standard InChI is InChI=1S/C59H35F5N4/c60-48-22-11-23-49(61)56(48)46-34-54(67-50-24-9-7-18-42(50)44-32-38(26-28-52(44)67)40-20-12-30-65-57(40)36-14-3-1-4-15-36)55(35-47(46)59(62,63)64)68-51-25-10-8-19-43(51)45-33-39(27-29-53(45)68)41-21-13-31-66-58(41)37-16-5-2-6-17-37/h1-35H. The number of rotatable bonds is 7. The van der Waals surface area contributed by atoms with E-state index in [0.29, 0.717) is 22.1 Å². The van der Waals surface area contributed by atoms with Gasteiger partial charge < -0.3 is 9.13 Å². The van der Waals surface area contributed by atoms with Crippen molar-refractivity contribution in [1.82, 2.24) is 19.1 Å². The third-order valence-electron chi connectivity index (χ3n) is 12.8. The molecule has 8 aromatic carbocycles. The molecule has 0 aliphatic carbocycles. The predicted octanol–water partition coefficient (Wildman–Crippen LogP) is 16.3. The van der Waals surface area contributed by atoms with Crippen molar-refractivity contribution < 1.29 is 22.0 Å². The molecule has 0 aliphatic rings. The summed E-state index contributed by atoms with van der Waals surface area (Å²) in [6, 6.07) is 60.2. The van der Waals surface area contributed by atoms with Crippen LogP contribution >= 0.6 is 0 Å². The van der Waals surface area contributed by atoms with Crippen LogP contribution in [0.15, 0.2) is 213 Å². The van der Waals surface area contributed by atoms with Crippen molar-refractivity contribution >= 4 is 43.6 Å². The number of nitrogens with zero attached hydrogens (tertiary/aromatic N) is 4. The molecule has 0 atom stereocenters. The van der Waals surface area contributed by atoms with Crippen LogP contribution in [0.3, 0.4) is 0 Å². The van der Waals surface area contributed by atoms with E-state index in [9.17, 15) is 0 Å². The SMILES string of the molecule is Fc1cccc(F)c1-c1cc(-n2c3ccccc3c3cc(-c4cccnc4-c4ccccc4)ccc32)c(-n2c3ccccc3c3cc(-c4cccnc4-c4ccccc4)ccc32)cc1C(F)(F)F. The van der Waals surface area contributed by atoms with Gasteiger partial charge in [0.1, 0.15) is 11.6 Å². The van der Waals surface area contributed by atoms with Crippen molar-refractivity contribution in [3.63, 3.8) is 0 Å². The highest BCUT2D eigenvalue weighted by Gasteiger charge is 2.37. The van der Waals surface area contributed by atoms with Crippen LogP contribution in [0.4, 0.5) is 22.0 Å². The van der Waals surface area contributed by atoms with Gasteiger partial charge in [-0.15, -0.1) is 0 Å². The van der Waals surface area contributed by atoms with Crippen LogP contribution in [0, 0.1) is 11.6 Å². The van der Waals surface area contributed by atoms with E-state index in [1.165, 1.54) is 6.07 Å². The topological polar surface area (TPSA) is 35.6 Å². The zero-order chi connectivity index (χ0) is 46.1. The summed E-state index contributed by atoms with van der Waals surface area (Å²) in [5.74, 6) is -2.22. The lowest BCUT2D eigenvalue weighted by atomic mass is 9.96. The quantitative estimate of drug-likeness (QED) is 0.149. The first-order valence-electron chi connectivity index (χ1n) is 22.0. The minimum absolute atomic E-state index is 0.161. The molecule has 4 heterocycles. The highest BCUT2D eigenvalue weighted by atomic mass is 19.4. The molecule has 0 saturated carbocycles. The van der Waals surface area contributed by atoms with E-state index in [4.69, 9.17) is 9.97 Å². The van der Waals surface area contributed by atoms with Crippen molar-refractivity contribution in [3.8, 4) is 67.3 Å². The first-order valence-corrected chi connectivity index (χ1v) is 22.0. The Bertz CT molecular complexity index is 3910. The highest BCUT2D eigenvalue weighted by molar-refractivity contribution is 6.13. The number of benzene rings is 8. The van der Waals surface area contributed by atoms with E-state index < -0.39 is 34.5 Å². The molecule has 0 spiro atoms. The largest absolute Gasteiger partial charge is 0.417 e. The number of pyridine rings is 2. The van der Waals surface area contributed by atoms with Crippen LogP contribution in [0.25, 0.3) is 111 Å². The second-order valence-electron chi connectivity index (χ2n) is 16.7. The van der Waals surface area contributed by atoms with Crippen LogP contribution in [0.1, 0.15) is 5.56 Å². The second kappa shape index (κ2) is 16.0. The molecular weight excluding hydrogens is 860 g/mol. The number of fused-ring (bicyclic) bond motifs is 6. The van der Waals surface area contributed by atoms with Gasteiger partial charge in [0.2, 0.25) is 0 Å². The van der Waals surface area contributed by atoms with E-state index in [-0.39, 0.29) is 11.4 Å². The van der Waals surface area contributed by atoms with Gasteiger partial charge in [0, 0.05) is 61.8 Å². The molecule has 4 nitrogen and oxygen atoms in total. The van der Waals surface area contributed by atoms with Crippen LogP contribution < -0.4 is 0 Å². The Morgan fingerprint density at radius 3 is 1.28 bits per heavy atom. The van der Waals surface area contributed by atoms with Crippen molar-refractivity contribution in [1.29, 1.82) is 0 Å². The monoisotopic (exact) mass is 894 g/mol. The fraction of sp³-hybridized carbons (Fsp3) is 0.0169. The first-order chi connectivity index (χ1) is 33.2. The first kappa shape index (κ1) is 40.8. The maximum Gasteiger partial charge on any atom is 0.417 e. The molecule has 0 radical (unpaired) electrons.